The van der Waals surface area contributed by atoms with E-state index >= 15 is 0 Å². The van der Waals surface area contributed by atoms with E-state index < -0.39 is 0 Å². The Balaban J connectivity index is 2.09. The van der Waals surface area contributed by atoms with E-state index in [1.807, 2.05) is 37.3 Å². The summed E-state index contributed by atoms with van der Waals surface area (Å²) in [6, 6.07) is 9.96. The van der Waals surface area contributed by atoms with Crippen molar-refractivity contribution in [1.29, 1.82) is 0 Å². The Morgan fingerprint density at radius 2 is 2.04 bits per heavy atom. The number of nitrogens with one attached hydrogen (secondary N) is 1. The first-order valence-electron chi connectivity index (χ1n) is 9.45. The molecule has 7 nitrogen and oxygen atoms in total. The van der Waals surface area contributed by atoms with Crippen LogP contribution in [-0.2, 0) is 20.9 Å². The number of esters is 1. The van der Waals surface area contributed by atoms with E-state index in [2.05, 4.69) is 10.2 Å². The largest absolute Gasteiger partial charge is 0.466 e. The number of likely N-dealkylation sites (N-methyl/N-ethyl adjacent to an activating group) is 1. The second-order valence-electron chi connectivity index (χ2n) is 6.80. The molecule has 1 heterocycles. The first-order valence-corrected chi connectivity index (χ1v) is 9.45. The van der Waals surface area contributed by atoms with Crippen LogP contribution in [-0.4, -0.2) is 68.0 Å². The van der Waals surface area contributed by atoms with Gasteiger partial charge in [0.05, 0.1) is 25.6 Å². The van der Waals surface area contributed by atoms with Crippen LogP contribution in [0.4, 0.5) is 0 Å². The molecule has 0 bridgehead atoms. The Kier molecular flexibility index (Phi) is 8.10. The van der Waals surface area contributed by atoms with E-state index in [0.717, 1.165) is 24.9 Å². The van der Waals surface area contributed by atoms with Crippen molar-refractivity contribution in [3.8, 4) is 0 Å². The fraction of sp³-hybridized carbons (Fsp3) is 0.550. The Hall–Kier alpha value is -2.57. The maximum Gasteiger partial charge on any atom is 0.310 e. The van der Waals surface area contributed by atoms with Crippen LogP contribution < -0.4 is 5.32 Å². The number of aliphatic imine (C=N–C) groups is 1. The number of rotatable bonds is 6. The predicted octanol–water partition coefficient (Wildman–Crippen LogP) is 1.50. The van der Waals surface area contributed by atoms with Gasteiger partial charge in [-0.25, -0.2) is 4.99 Å². The summed E-state index contributed by atoms with van der Waals surface area (Å²) in [5, 5.41) is 3.16. The smallest absolute Gasteiger partial charge is 0.310 e. The molecule has 0 aromatic heterocycles. The third-order valence-corrected chi connectivity index (χ3v) is 4.49. The first kappa shape index (κ1) is 20.7. The van der Waals surface area contributed by atoms with Crippen LogP contribution in [0.1, 0.15) is 25.3 Å². The summed E-state index contributed by atoms with van der Waals surface area (Å²) in [6.45, 7) is 4.24. The van der Waals surface area contributed by atoms with Crippen molar-refractivity contribution in [3.05, 3.63) is 35.9 Å². The van der Waals surface area contributed by atoms with Crippen molar-refractivity contribution in [1.82, 2.24) is 15.1 Å². The number of ether oxygens (including phenoxy) is 1. The zero-order valence-corrected chi connectivity index (χ0v) is 16.5. The summed E-state index contributed by atoms with van der Waals surface area (Å²) in [5.74, 6) is 0.311. The van der Waals surface area contributed by atoms with Gasteiger partial charge in [-0.05, 0) is 25.3 Å². The highest BCUT2D eigenvalue weighted by Gasteiger charge is 2.28. The lowest BCUT2D eigenvalue weighted by Crippen LogP contribution is -2.50. The molecule has 1 aromatic rings. The summed E-state index contributed by atoms with van der Waals surface area (Å²) in [4.78, 5) is 32.4. The fourth-order valence-corrected chi connectivity index (χ4v) is 2.95. The van der Waals surface area contributed by atoms with Gasteiger partial charge in [0.2, 0.25) is 5.91 Å². The predicted molar refractivity (Wildman–Crippen MR) is 105 cm³/mol. The summed E-state index contributed by atoms with van der Waals surface area (Å²) in [6.07, 6.45) is 1.70. The quantitative estimate of drug-likeness (QED) is 0.464. The van der Waals surface area contributed by atoms with Crippen molar-refractivity contribution in [2.45, 2.75) is 26.3 Å². The summed E-state index contributed by atoms with van der Waals surface area (Å²) >= 11 is 0. The average molecular weight is 374 g/mol. The van der Waals surface area contributed by atoms with Crippen LogP contribution in [0.15, 0.2) is 35.3 Å². The van der Waals surface area contributed by atoms with Gasteiger partial charge < -0.3 is 19.9 Å². The number of hydrogen-bond acceptors (Lipinski definition) is 4. The van der Waals surface area contributed by atoms with Gasteiger partial charge in [0.15, 0.2) is 5.96 Å². The maximum absolute atomic E-state index is 12.1. The third kappa shape index (κ3) is 6.58. The molecule has 1 unspecified atom stereocenters. The minimum atomic E-state index is -0.160. The van der Waals surface area contributed by atoms with Crippen molar-refractivity contribution < 1.29 is 14.3 Å². The molecular weight excluding hydrogens is 344 g/mol. The van der Waals surface area contributed by atoms with Crippen LogP contribution in [0.2, 0.25) is 0 Å². The average Bonchev–Trinajstić information content (AvgIpc) is 2.68. The number of hydrogen-bond donors (Lipinski definition) is 1. The highest BCUT2D eigenvalue weighted by molar-refractivity contribution is 5.87. The van der Waals surface area contributed by atoms with E-state index in [0.29, 0.717) is 25.7 Å². The monoisotopic (exact) mass is 374 g/mol. The molecule has 148 valence electrons. The first-order chi connectivity index (χ1) is 13.0. The summed E-state index contributed by atoms with van der Waals surface area (Å²) < 4.78 is 5.18. The molecule has 0 saturated carbocycles. The van der Waals surface area contributed by atoms with Gasteiger partial charge in [-0.15, -0.1) is 0 Å². The van der Waals surface area contributed by atoms with Gasteiger partial charge in [-0.1, -0.05) is 30.3 Å². The minimum absolute atomic E-state index is 0.0265. The highest BCUT2D eigenvalue weighted by atomic mass is 16.5. The number of piperidine rings is 1. The molecule has 2 rings (SSSR count). The second-order valence-corrected chi connectivity index (χ2v) is 6.80. The maximum atomic E-state index is 12.1. The van der Waals surface area contributed by atoms with E-state index in [1.165, 1.54) is 0 Å². The molecule has 1 amide bonds. The van der Waals surface area contributed by atoms with E-state index in [-0.39, 0.29) is 24.3 Å². The van der Waals surface area contributed by atoms with Crippen LogP contribution >= 0.6 is 0 Å². The van der Waals surface area contributed by atoms with Gasteiger partial charge in [0, 0.05) is 27.2 Å². The van der Waals surface area contributed by atoms with Crippen LogP contribution in [0.25, 0.3) is 0 Å². The molecule has 1 N–H and O–H groups in total. The van der Waals surface area contributed by atoms with Gasteiger partial charge in [0.25, 0.3) is 0 Å². The number of likely N-dealkylation sites (tertiary alicyclic amines) is 1. The van der Waals surface area contributed by atoms with Crippen molar-refractivity contribution in [3.63, 3.8) is 0 Å². The van der Waals surface area contributed by atoms with Gasteiger partial charge in [0.1, 0.15) is 0 Å². The number of nitrogens with zero attached hydrogens (tertiary/aromatic N) is 3. The highest BCUT2D eigenvalue weighted by Crippen LogP contribution is 2.18. The van der Waals surface area contributed by atoms with Crippen LogP contribution in [0, 0.1) is 5.92 Å². The fourth-order valence-electron chi connectivity index (χ4n) is 2.95. The van der Waals surface area contributed by atoms with E-state index in [1.54, 1.807) is 19.0 Å². The molecule has 1 aromatic carbocycles. The standard InChI is InChI=1S/C20H30N4O3/c1-4-27-19(26)17-11-8-12-24(15-17)20(22-14-18(25)23(2)3)21-13-16-9-6-5-7-10-16/h5-7,9-10,17H,4,8,11-15H2,1-3H3,(H,21,22). The van der Waals surface area contributed by atoms with E-state index in [9.17, 15) is 9.59 Å². The number of carbonyl (C=O) groups excluding carboxylic acids is 2. The zero-order valence-electron chi connectivity index (χ0n) is 16.5. The number of guanidine groups is 1. The molecule has 0 aliphatic carbocycles. The van der Waals surface area contributed by atoms with E-state index in [4.69, 9.17) is 9.73 Å². The molecule has 0 radical (unpaired) electrons. The lowest BCUT2D eigenvalue weighted by molar-refractivity contribution is -0.149. The summed E-state index contributed by atoms with van der Waals surface area (Å²) in [5.41, 5.74) is 1.09. The number of benzene rings is 1. The lowest BCUT2D eigenvalue weighted by atomic mass is 9.98. The van der Waals surface area contributed by atoms with Crippen molar-refractivity contribution in [2.24, 2.45) is 10.9 Å². The molecule has 1 aliphatic heterocycles. The Morgan fingerprint density at radius 1 is 1.30 bits per heavy atom. The lowest BCUT2D eigenvalue weighted by Gasteiger charge is -2.34. The summed E-state index contributed by atoms with van der Waals surface area (Å²) in [7, 11) is 3.45. The molecule has 1 aliphatic rings. The van der Waals surface area contributed by atoms with Gasteiger partial charge in [-0.3, -0.25) is 9.59 Å². The van der Waals surface area contributed by atoms with Crippen molar-refractivity contribution >= 4 is 17.8 Å². The third-order valence-electron chi connectivity index (χ3n) is 4.49. The number of carbonyl (C=O) groups is 2. The Bertz CT molecular complexity index is 646. The Labute approximate surface area is 161 Å². The molecule has 0 spiro atoms. The van der Waals surface area contributed by atoms with Crippen LogP contribution in [0.3, 0.4) is 0 Å². The normalized spacial score (nSPS) is 17.4. The Morgan fingerprint density at radius 3 is 2.70 bits per heavy atom. The molecule has 27 heavy (non-hydrogen) atoms. The second kappa shape index (κ2) is 10.5. The molecular formula is C20H30N4O3. The number of amides is 1. The van der Waals surface area contributed by atoms with Gasteiger partial charge >= 0.3 is 5.97 Å². The van der Waals surface area contributed by atoms with Crippen LogP contribution in [0.5, 0.6) is 0 Å². The molecule has 1 saturated heterocycles. The topological polar surface area (TPSA) is 74.2 Å². The molecule has 7 heteroatoms. The molecule has 1 fully saturated rings. The van der Waals surface area contributed by atoms with Gasteiger partial charge in [-0.2, -0.15) is 0 Å². The molecule has 1 atom stereocenters. The SMILES string of the molecule is CCOC(=O)C1CCCN(C(=NCc2ccccc2)NCC(=O)N(C)C)C1. The zero-order chi connectivity index (χ0) is 19.6. The minimum Gasteiger partial charge on any atom is -0.466 e. The van der Waals surface area contributed by atoms with Crippen molar-refractivity contribution in [2.75, 3.05) is 40.3 Å².